The van der Waals surface area contributed by atoms with E-state index in [1.54, 1.807) is 23.8 Å². The molecule has 0 bridgehead atoms. The van der Waals surface area contributed by atoms with E-state index in [4.69, 9.17) is 0 Å². The molecule has 0 radical (unpaired) electrons. The van der Waals surface area contributed by atoms with Crippen molar-refractivity contribution in [3.63, 3.8) is 0 Å². The van der Waals surface area contributed by atoms with Crippen molar-refractivity contribution in [2.75, 3.05) is 5.32 Å². The number of carbonyl (C=O) groups is 2. The number of carbonyl (C=O) groups excluding carboxylic acids is 2. The molecule has 0 heterocycles. The summed E-state index contributed by atoms with van der Waals surface area (Å²) >= 11 is 0. The first-order chi connectivity index (χ1) is 12.5. The summed E-state index contributed by atoms with van der Waals surface area (Å²) in [5.41, 5.74) is 1.03. The van der Waals surface area contributed by atoms with Gasteiger partial charge in [0.25, 0.3) is 20.0 Å². The smallest absolute Gasteiger partial charge is 0.307 e. The fourth-order valence-corrected chi connectivity index (χ4v) is 3.92. The fraction of sp³-hybridized carbons (Fsp3) is 0.125. The summed E-state index contributed by atoms with van der Waals surface area (Å²) in [6.45, 7) is 2.86. The molecule has 11 heteroatoms. The van der Waals surface area contributed by atoms with Crippen LogP contribution in [0, 0.1) is 6.92 Å². The van der Waals surface area contributed by atoms with Gasteiger partial charge in [0.05, 0.1) is 9.79 Å². The average Bonchev–Trinajstić information content (AvgIpc) is 2.54. The van der Waals surface area contributed by atoms with Gasteiger partial charge in [-0.05, 0) is 43.3 Å². The van der Waals surface area contributed by atoms with Crippen LogP contribution in [0.2, 0.25) is 0 Å². The summed E-state index contributed by atoms with van der Waals surface area (Å²) in [6, 6.07) is 9.76. The summed E-state index contributed by atoms with van der Waals surface area (Å²) in [5.74, 6) is -0.738. The van der Waals surface area contributed by atoms with Gasteiger partial charge in [0.15, 0.2) is 0 Å². The minimum absolute atomic E-state index is 0.0694. The van der Waals surface area contributed by atoms with Crippen molar-refractivity contribution in [3.8, 4) is 0 Å². The number of rotatable bonds is 5. The van der Waals surface area contributed by atoms with Crippen LogP contribution in [0.25, 0.3) is 0 Å². The fourth-order valence-electron chi connectivity index (χ4n) is 2.02. The molecule has 27 heavy (non-hydrogen) atoms. The lowest BCUT2D eigenvalue weighted by atomic mass is 10.2. The van der Waals surface area contributed by atoms with E-state index in [-0.39, 0.29) is 15.5 Å². The normalized spacial score (nSPS) is 11.5. The van der Waals surface area contributed by atoms with E-state index in [9.17, 15) is 26.4 Å². The first kappa shape index (κ1) is 20.4. The van der Waals surface area contributed by atoms with Crippen molar-refractivity contribution < 1.29 is 26.4 Å². The van der Waals surface area contributed by atoms with Gasteiger partial charge in [-0.2, -0.15) is 0 Å². The number of hydrogen-bond donors (Lipinski definition) is 3. The largest absolute Gasteiger partial charge is 0.333 e. The Morgan fingerprint density at radius 1 is 0.741 bits per heavy atom. The van der Waals surface area contributed by atoms with Gasteiger partial charge in [-0.25, -0.2) is 31.1 Å². The van der Waals surface area contributed by atoms with Crippen LogP contribution in [0.5, 0.6) is 0 Å². The molecule has 2 rings (SSSR count). The molecule has 2 aromatic carbocycles. The van der Waals surface area contributed by atoms with Crippen molar-refractivity contribution in [1.82, 2.24) is 9.44 Å². The number of aryl methyl sites for hydroxylation is 1. The molecule has 0 atom stereocenters. The Morgan fingerprint density at radius 3 is 1.67 bits per heavy atom. The maximum Gasteiger partial charge on any atom is 0.333 e. The lowest BCUT2D eigenvalue weighted by Gasteiger charge is -2.10. The molecule has 0 unspecified atom stereocenters. The third kappa shape index (κ3) is 5.53. The first-order valence-electron chi connectivity index (χ1n) is 7.53. The zero-order valence-corrected chi connectivity index (χ0v) is 16.0. The summed E-state index contributed by atoms with van der Waals surface area (Å²) in [4.78, 5) is 22.6. The second kappa shape index (κ2) is 7.76. The highest BCUT2D eigenvalue weighted by molar-refractivity contribution is 7.90. The van der Waals surface area contributed by atoms with Gasteiger partial charge >= 0.3 is 6.03 Å². The number of nitrogens with one attached hydrogen (secondary N) is 3. The molecule has 0 saturated carbocycles. The van der Waals surface area contributed by atoms with E-state index in [2.05, 4.69) is 5.32 Å². The van der Waals surface area contributed by atoms with Crippen LogP contribution >= 0.6 is 0 Å². The minimum Gasteiger partial charge on any atom is -0.307 e. The van der Waals surface area contributed by atoms with E-state index in [1.165, 1.54) is 24.3 Å². The van der Waals surface area contributed by atoms with Gasteiger partial charge in [-0.1, -0.05) is 17.7 Å². The number of amides is 3. The summed E-state index contributed by atoms with van der Waals surface area (Å²) in [6.07, 6.45) is 0. The highest BCUT2D eigenvalue weighted by atomic mass is 32.2. The second-order valence-corrected chi connectivity index (χ2v) is 8.92. The van der Waals surface area contributed by atoms with Crippen LogP contribution in [-0.4, -0.2) is 28.8 Å². The van der Waals surface area contributed by atoms with Gasteiger partial charge in [0.2, 0.25) is 5.91 Å². The van der Waals surface area contributed by atoms with Crippen LogP contribution in [0.3, 0.4) is 0 Å². The summed E-state index contributed by atoms with van der Waals surface area (Å²) < 4.78 is 51.6. The molecule has 0 aliphatic heterocycles. The van der Waals surface area contributed by atoms with Crippen molar-refractivity contribution in [2.45, 2.75) is 23.6 Å². The average molecular weight is 411 g/mol. The van der Waals surface area contributed by atoms with Gasteiger partial charge in [0, 0.05) is 12.6 Å². The lowest BCUT2D eigenvalue weighted by molar-refractivity contribution is -0.117. The van der Waals surface area contributed by atoms with Gasteiger partial charge in [-0.3, -0.25) is 4.79 Å². The van der Waals surface area contributed by atoms with Gasteiger partial charge < -0.3 is 5.32 Å². The molecule has 3 N–H and O–H groups in total. The number of urea groups is 1. The predicted molar refractivity (Wildman–Crippen MR) is 98.0 cm³/mol. The molecule has 0 fully saturated rings. The number of anilines is 1. The van der Waals surface area contributed by atoms with E-state index < -0.39 is 32.0 Å². The van der Waals surface area contributed by atoms with Crippen molar-refractivity contribution in [2.24, 2.45) is 0 Å². The topological polar surface area (TPSA) is 139 Å². The Bertz CT molecular complexity index is 1060. The molecular formula is C16H17N3O6S2. The van der Waals surface area contributed by atoms with E-state index in [0.717, 1.165) is 24.6 Å². The Morgan fingerprint density at radius 2 is 1.19 bits per heavy atom. The lowest BCUT2D eigenvalue weighted by Crippen LogP contribution is -2.34. The number of benzene rings is 2. The molecule has 0 aromatic heterocycles. The van der Waals surface area contributed by atoms with E-state index in [0.29, 0.717) is 0 Å². The number of sulfonamides is 2. The van der Waals surface area contributed by atoms with E-state index in [1.807, 2.05) is 4.72 Å². The molecule has 0 aliphatic rings. The van der Waals surface area contributed by atoms with Gasteiger partial charge in [-0.15, -0.1) is 0 Å². The maximum atomic E-state index is 12.1. The predicted octanol–water partition coefficient (Wildman–Crippen LogP) is 1.33. The molecule has 2 aromatic rings. The first-order valence-corrected chi connectivity index (χ1v) is 10.5. The zero-order chi connectivity index (χ0) is 20.2. The highest BCUT2D eigenvalue weighted by Gasteiger charge is 2.18. The number of hydrogen-bond acceptors (Lipinski definition) is 6. The molecule has 3 amide bonds. The molecular weight excluding hydrogens is 394 g/mol. The van der Waals surface area contributed by atoms with Gasteiger partial charge in [0.1, 0.15) is 0 Å². The van der Waals surface area contributed by atoms with Crippen LogP contribution in [0.4, 0.5) is 10.5 Å². The van der Waals surface area contributed by atoms with Crippen LogP contribution < -0.4 is 14.8 Å². The molecule has 9 nitrogen and oxygen atoms in total. The Labute approximate surface area is 156 Å². The third-order valence-corrected chi connectivity index (χ3v) is 6.05. The highest BCUT2D eigenvalue weighted by Crippen LogP contribution is 2.15. The van der Waals surface area contributed by atoms with Crippen LogP contribution in [0.15, 0.2) is 58.3 Å². The SMILES string of the molecule is CC(=O)NS(=O)(=O)c1ccc(NC(=O)NS(=O)(=O)c2ccc(C)cc2)cc1. The third-order valence-electron chi connectivity index (χ3n) is 3.26. The Hall–Kier alpha value is -2.92. The van der Waals surface area contributed by atoms with Crippen molar-refractivity contribution >= 4 is 37.7 Å². The zero-order valence-electron chi connectivity index (χ0n) is 14.4. The van der Waals surface area contributed by atoms with Crippen molar-refractivity contribution in [1.29, 1.82) is 0 Å². The maximum absolute atomic E-state index is 12.1. The summed E-state index contributed by atoms with van der Waals surface area (Å²) in [7, 11) is -8.04. The molecule has 0 saturated heterocycles. The molecule has 144 valence electrons. The van der Waals surface area contributed by atoms with Crippen LogP contribution in [-0.2, 0) is 24.8 Å². The van der Waals surface area contributed by atoms with Crippen LogP contribution in [0.1, 0.15) is 12.5 Å². The summed E-state index contributed by atoms with van der Waals surface area (Å²) in [5, 5.41) is 2.29. The van der Waals surface area contributed by atoms with E-state index >= 15 is 0 Å². The monoisotopic (exact) mass is 411 g/mol. The second-order valence-electron chi connectivity index (χ2n) is 5.56. The standard InChI is InChI=1S/C16H17N3O6S2/c1-11-3-7-14(8-4-11)27(24,25)19-16(21)17-13-5-9-15(10-6-13)26(22,23)18-12(2)20/h3-10H,1-2H3,(H,18,20)(H2,17,19,21). The Kier molecular flexibility index (Phi) is 5.86. The minimum atomic E-state index is -4.05. The Balaban J connectivity index is 2.08. The quantitative estimate of drug-likeness (QED) is 0.678. The van der Waals surface area contributed by atoms with Crippen molar-refractivity contribution in [3.05, 3.63) is 54.1 Å². The molecule has 0 spiro atoms. The molecule has 0 aliphatic carbocycles.